The molecule has 0 aliphatic carbocycles. The maximum atomic E-state index is 11.7. The molecule has 2 aromatic rings. The van der Waals surface area contributed by atoms with Crippen molar-refractivity contribution in [3.63, 3.8) is 0 Å². The predicted octanol–water partition coefficient (Wildman–Crippen LogP) is 1.33. The van der Waals surface area contributed by atoms with Gasteiger partial charge in [0.25, 0.3) is 5.91 Å². The Morgan fingerprint density at radius 1 is 1.36 bits per heavy atom. The summed E-state index contributed by atoms with van der Waals surface area (Å²) in [6.07, 6.45) is 0.476. The van der Waals surface area contributed by atoms with Crippen LogP contribution in [0.15, 0.2) is 36.5 Å². The van der Waals surface area contributed by atoms with Gasteiger partial charge < -0.3 is 21.1 Å². The molecule has 128 valence electrons. The van der Waals surface area contributed by atoms with E-state index in [2.05, 4.69) is 16.5 Å². The highest BCUT2D eigenvalue weighted by Crippen LogP contribution is 2.34. The Hall–Kier alpha value is -3.54. The van der Waals surface area contributed by atoms with Crippen molar-refractivity contribution in [2.24, 2.45) is 5.73 Å². The molecule has 4 N–H and O–H groups in total. The Labute approximate surface area is 143 Å². The van der Waals surface area contributed by atoms with Gasteiger partial charge in [0, 0.05) is 11.9 Å². The summed E-state index contributed by atoms with van der Waals surface area (Å²) in [6.45, 7) is 0.251. The Morgan fingerprint density at radius 2 is 2.04 bits per heavy atom. The van der Waals surface area contributed by atoms with Crippen LogP contribution in [0.1, 0.15) is 16.8 Å². The molecule has 1 aromatic heterocycles. The summed E-state index contributed by atoms with van der Waals surface area (Å²) in [7, 11) is 0. The van der Waals surface area contributed by atoms with Crippen molar-refractivity contribution < 1.29 is 14.7 Å². The number of carboxylic acid groups (broad SMARTS) is 1. The number of primary amides is 1. The van der Waals surface area contributed by atoms with Crippen LogP contribution in [-0.2, 0) is 5.54 Å². The normalized spacial score (nSPS) is 15.1. The highest BCUT2D eigenvalue weighted by Gasteiger charge is 2.48. The fourth-order valence-corrected chi connectivity index (χ4v) is 2.83. The average molecular weight is 340 g/mol. The number of nitriles is 1. The summed E-state index contributed by atoms with van der Waals surface area (Å²) in [5.74, 6) is -0.393. The topological polar surface area (TPSA) is 137 Å². The first-order valence-corrected chi connectivity index (χ1v) is 7.52. The van der Waals surface area contributed by atoms with Gasteiger partial charge >= 0.3 is 6.09 Å². The molecule has 9 nitrogen and oxygen atoms in total. The average Bonchev–Trinajstić information content (AvgIpc) is 2.95. The molecule has 0 radical (unpaired) electrons. The van der Waals surface area contributed by atoms with Crippen LogP contribution in [-0.4, -0.2) is 44.9 Å². The summed E-state index contributed by atoms with van der Waals surface area (Å²) >= 11 is 0. The molecule has 3 rings (SSSR count). The fraction of sp³-hybridized carbons (Fsp3) is 0.250. The summed E-state index contributed by atoms with van der Waals surface area (Å²) in [6, 6.07) is 11.2. The minimum Gasteiger partial charge on any atom is -0.465 e. The monoisotopic (exact) mass is 340 g/mol. The lowest BCUT2D eigenvalue weighted by molar-refractivity contribution is 0.0140. The molecule has 1 aromatic carbocycles. The number of amides is 2. The molecule has 0 spiro atoms. The van der Waals surface area contributed by atoms with Gasteiger partial charge in [-0.25, -0.2) is 4.79 Å². The molecule has 25 heavy (non-hydrogen) atoms. The van der Waals surface area contributed by atoms with Gasteiger partial charge in [-0.1, -0.05) is 18.2 Å². The molecule has 0 bridgehead atoms. The number of rotatable bonds is 5. The number of carbonyl (C=O) groups is 2. The minimum atomic E-state index is -1.06. The molecule has 1 saturated heterocycles. The van der Waals surface area contributed by atoms with Crippen molar-refractivity contribution in [1.29, 1.82) is 5.26 Å². The molecular weight excluding hydrogens is 324 g/mol. The number of nitrogens with zero attached hydrogens (tertiary/aromatic N) is 4. The molecule has 1 aliphatic rings. The van der Waals surface area contributed by atoms with E-state index < -0.39 is 17.5 Å². The first-order chi connectivity index (χ1) is 11.9. The van der Waals surface area contributed by atoms with Gasteiger partial charge in [-0.3, -0.25) is 9.48 Å². The third-order valence-corrected chi connectivity index (χ3v) is 4.15. The molecule has 2 amide bonds. The van der Waals surface area contributed by atoms with Crippen LogP contribution < -0.4 is 11.1 Å². The fourth-order valence-electron chi connectivity index (χ4n) is 2.83. The van der Waals surface area contributed by atoms with E-state index in [0.717, 1.165) is 5.69 Å². The second-order valence-corrected chi connectivity index (χ2v) is 5.89. The smallest absolute Gasteiger partial charge is 0.407 e. The number of benzene rings is 1. The third kappa shape index (κ3) is 2.97. The van der Waals surface area contributed by atoms with E-state index >= 15 is 0 Å². The van der Waals surface area contributed by atoms with E-state index in [1.54, 1.807) is 0 Å². The number of hydrogen-bond acceptors (Lipinski definition) is 5. The number of likely N-dealkylation sites (tertiary alicyclic amines) is 1. The van der Waals surface area contributed by atoms with Gasteiger partial charge in [0.1, 0.15) is 11.1 Å². The summed E-state index contributed by atoms with van der Waals surface area (Å²) in [5, 5.41) is 25.6. The first kappa shape index (κ1) is 16.3. The van der Waals surface area contributed by atoms with Crippen LogP contribution >= 0.6 is 0 Å². The van der Waals surface area contributed by atoms with Crippen LogP contribution in [0.25, 0.3) is 0 Å². The van der Waals surface area contributed by atoms with Crippen molar-refractivity contribution in [1.82, 2.24) is 14.7 Å². The number of hydrogen-bond donors (Lipinski definition) is 3. The van der Waals surface area contributed by atoms with Gasteiger partial charge in [0.05, 0.1) is 25.6 Å². The van der Waals surface area contributed by atoms with E-state index in [-0.39, 0.29) is 30.9 Å². The zero-order chi connectivity index (χ0) is 18.0. The molecule has 0 unspecified atom stereocenters. The lowest BCUT2D eigenvalue weighted by Crippen LogP contribution is -2.64. The zero-order valence-corrected chi connectivity index (χ0v) is 13.2. The molecule has 0 saturated carbocycles. The van der Waals surface area contributed by atoms with Crippen molar-refractivity contribution in [2.45, 2.75) is 12.0 Å². The summed E-state index contributed by atoms with van der Waals surface area (Å²) < 4.78 is 1.47. The highest BCUT2D eigenvalue weighted by molar-refractivity contribution is 5.98. The molecule has 0 atom stereocenters. The Kier molecular flexibility index (Phi) is 4.02. The Balaban J connectivity index is 1.94. The number of carbonyl (C=O) groups excluding carboxylic acids is 1. The largest absolute Gasteiger partial charge is 0.465 e. The van der Waals surface area contributed by atoms with E-state index in [1.165, 1.54) is 15.8 Å². The minimum absolute atomic E-state index is 0.0709. The van der Waals surface area contributed by atoms with E-state index in [9.17, 15) is 9.59 Å². The van der Waals surface area contributed by atoms with Crippen LogP contribution in [0.3, 0.4) is 0 Å². The van der Waals surface area contributed by atoms with Crippen molar-refractivity contribution >= 4 is 23.5 Å². The third-order valence-electron chi connectivity index (χ3n) is 4.15. The molecule has 9 heteroatoms. The standard InChI is InChI=1S/C16H16N6O3/c17-7-6-16(9-21(10-16)15(24)25)22-8-12(13(18)23)14(20-22)19-11-4-2-1-3-5-11/h1-5,8H,6,9-10H2,(H2,18,23)(H,19,20)(H,24,25). The van der Waals surface area contributed by atoms with E-state index in [0.29, 0.717) is 0 Å². The van der Waals surface area contributed by atoms with Crippen LogP contribution in [0.5, 0.6) is 0 Å². The predicted molar refractivity (Wildman–Crippen MR) is 88.3 cm³/mol. The van der Waals surface area contributed by atoms with Gasteiger partial charge in [0.15, 0.2) is 5.82 Å². The highest BCUT2D eigenvalue weighted by atomic mass is 16.4. The maximum Gasteiger partial charge on any atom is 0.407 e. The van der Waals surface area contributed by atoms with Crippen molar-refractivity contribution in [2.75, 3.05) is 18.4 Å². The lowest BCUT2D eigenvalue weighted by Gasteiger charge is -2.47. The molecule has 1 fully saturated rings. The quantitative estimate of drug-likeness (QED) is 0.751. The number of anilines is 2. The van der Waals surface area contributed by atoms with Gasteiger partial charge in [-0.2, -0.15) is 10.4 Å². The van der Waals surface area contributed by atoms with Crippen LogP contribution in [0.2, 0.25) is 0 Å². The van der Waals surface area contributed by atoms with Gasteiger partial charge in [-0.15, -0.1) is 0 Å². The summed E-state index contributed by atoms with van der Waals surface area (Å²) in [4.78, 5) is 24.0. The second-order valence-electron chi connectivity index (χ2n) is 5.89. The van der Waals surface area contributed by atoms with Gasteiger partial charge in [0.2, 0.25) is 0 Å². The second kappa shape index (κ2) is 6.16. The van der Waals surface area contributed by atoms with Crippen molar-refractivity contribution in [3.05, 3.63) is 42.1 Å². The number of aromatic nitrogens is 2. The molecule has 1 aliphatic heterocycles. The van der Waals surface area contributed by atoms with E-state index in [4.69, 9.17) is 16.1 Å². The SMILES string of the molecule is N#CCC1(n2cc(C(N)=O)c(Nc3ccccc3)n2)CN(C(=O)O)C1. The lowest BCUT2D eigenvalue weighted by atomic mass is 9.87. The van der Waals surface area contributed by atoms with Crippen LogP contribution in [0, 0.1) is 11.3 Å². The van der Waals surface area contributed by atoms with Gasteiger partial charge in [-0.05, 0) is 12.1 Å². The molecular formula is C16H16N6O3. The van der Waals surface area contributed by atoms with Crippen LogP contribution in [0.4, 0.5) is 16.3 Å². The number of para-hydroxylation sites is 1. The summed E-state index contributed by atoms with van der Waals surface area (Å²) in [5.41, 5.74) is 5.54. The number of nitrogens with two attached hydrogens (primary N) is 1. The van der Waals surface area contributed by atoms with Crippen molar-refractivity contribution in [3.8, 4) is 6.07 Å². The molecule has 2 heterocycles. The number of nitrogens with one attached hydrogen (secondary N) is 1. The Morgan fingerprint density at radius 3 is 2.60 bits per heavy atom. The Bertz CT molecular complexity index is 849. The van der Waals surface area contributed by atoms with E-state index in [1.807, 2.05) is 30.3 Å². The maximum absolute atomic E-state index is 11.7. The zero-order valence-electron chi connectivity index (χ0n) is 13.2. The first-order valence-electron chi connectivity index (χ1n) is 7.52.